The molecule has 2 aliphatic rings. The Bertz CT molecular complexity index is 860. The lowest BCUT2D eigenvalue weighted by Gasteiger charge is -2.30. The molecule has 0 bridgehead atoms. The molecule has 34 heavy (non-hydrogen) atoms. The molecule has 1 aromatic rings. The van der Waals surface area contributed by atoms with E-state index in [1.54, 1.807) is 12.1 Å². The number of rotatable bonds is 8. The Labute approximate surface area is 202 Å². The Hall–Kier alpha value is -2.27. The average molecular weight is 477 g/mol. The van der Waals surface area contributed by atoms with Crippen molar-refractivity contribution in [3.63, 3.8) is 0 Å². The van der Waals surface area contributed by atoms with Crippen LogP contribution in [0.1, 0.15) is 87.2 Å². The van der Waals surface area contributed by atoms with Gasteiger partial charge >= 0.3 is 0 Å². The van der Waals surface area contributed by atoms with Gasteiger partial charge in [0.05, 0.1) is 13.2 Å². The molecule has 1 N–H and O–H groups in total. The minimum atomic E-state index is -0.706. The van der Waals surface area contributed by atoms with E-state index in [2.05, 4.69) is 26.3 Å². The van der Waals surface area contributed by atoms with Gasteiger partial charge in [-0.05, 0) is 98.7 Å². The number of hydrogen-bond donors (Lipinski definition) is 1. The first-order chi connectivity index (χ1) is 16.3. The smallest absolute Gasteiger partial charge is 0.162 e. The second-order valence-corrected chi connectivity index (χ2v) is 9.40. The van der Waals surface area contributed by atoms with Crippen LogP contribution in [0.2, 0.25) is 0 Å². The molecule has 0 saturated heterocycles. The van der Waals surface area contributed by atoms with Crippen molar-refractivity contribution in [1.82, 2.24) is 0 Å². The Balaban J connectivity index is 0.00000199. The largest absolute Gasteiger partial charge is 0.497 e. The summed E-state index contributed by atoms with van der Waals surface area (Å²) in [6.07, 6.45) is 8.44. The SMILES string of the molecule is C=C.C=C(/C=C(/F)C(=C)CCC1CCC(c2ccc(C3CCC(O)CC3)c(F)c2F)CC1)OC. The molecule has 0 spiro atoms. The zero-order valence-corrected chi connectivity index (χ0v) is 20.4. The number of halogens is 3. The number of methoxy groups -OCH3 is 1. The van der Waals surface area contributed by atoms with Gasteiger partial charge in [0.1, 0.15) is 11.6 Å². The van der Waals surface area contributed by atoms with Crippen molar-refractivity contribution in [2.45, 2.75) is 82.1 Å². The Morgan fingerprint density at radius 3 is 1.88 bits per heavy atom. The van der Waals surface area contributed by atoms with Crippen molar-refractivity contribution in [1.29, 1.82) is 0 Å². The summed E-state index contributed by atoms with van der Waals surface area (Å²) >= 11 is 0. The molecule has 188 valence electrons. The second-order valence-electron chi connectivity index (χ2n) is 9.40. The van der Waals surface area contributed by atoms with Crippen LogP contribution in [0, 0.1) is 17.6 Å². The van der Waals surface area contributed by atoms with Crippen molar-refractivity contribution in [2.24, 2.45) is 5.92 Å². The Morgan fingerprint density at radius 1 is 0.941 bits per heavy atom. The molecule has 2 nitrogen and oxygen atoms in total. The molecule has 2 fully saturated rings. The normalized spacial score (nSPS) is 25.1. The summed E-state index contributed by atoms with van der Waals surface area (Å²) in [4.78, 5) is 0. The molecule has 0 atom stereocenters. The van der Waals surface area contributed by atoms with E-state index < -0.39 is 17.5 Å². The molecule has 0 aromatic heterocycles. The van der Waals surface area contributed by atoms with Crippen LogP contribution in [-0.2, 0) is 4.74 Å². The van der Waals surface area contributed by atoms with E-state index in [1.807, 2.05) is 0 Å². The van der Waals surface area contributed by atoms with Crippen LogP contribution < -0.4 is 0 Å². The van der Waals surface area contributed by atoms with Crippen LogP contribution in [-0.4, -0.2) is 18.3 Å². The molecule has 0 heterocycles. The quantitative estimate of drug-likeness (QED) is 0.232. The minimum Gasteiger partial charge on any atom is -0.497 e. The predicted molar refractivity (Wildman–Crippen MR) is 133 cm³/mol. The van der Waals surface area contributed by atoms with Crippen molar-refractivity contribution in [3.8, 4) is 0 Å². The zero-order chi connectivity index (χ0) is 25.3. The van der Waals surface area contributed by atoms with E-state index in [0.717, 1.165) is 32.1 Å². The molecule has 5 heteroatoms. The molecule has 1 aromatic carbocycles. The number of aliphatic hydroxyl groups is 1. The molecule has 0 aliphatic heterocycles. The molecule has 3 rings (SSSR count). The molecule has 2 aliphatic carbocycles. The van der Waals surface area contributed by atoms with Crippen molar-refractivity contribution >= 4 is 0 Å². The Kier molecular flexibility index (Phi) is 11.2. The molecule has 0 unspecified atom stereocenters. The number of ether oxygens (including phenoxy) is 1. The van der Waals surface area contributed by atoms with Gasteiger partial charge in [-0.15, -0.1) is 13.2 Å². The van der Waals surface area contributed by atoms with Gasteiger partial charge in [-0.3, -0.25) is 0 Å². The fourth-order valence-corrected chi connectivity index (χ4v) is 5.16. The second kappa shape index (κ2) is 13.6. The average Bonchev–Trinajstić information content (AvgIpc) is 2.86. The van der Waals surface area contributed by atoms with Gasteiger partial charge in [0.25, 0.3) is 0 Å². The monoisotopic (exact) mass is 476 g/mol. The first-order valence-corrected chi connectivity index (χ1v) is 12.2. The number of allylic oxidation sites excluding steroid dienone is 3. The van der Waals surface area contributed by atoms with Crippen LogP contribution in [0.15, 0.2) is 61.7 Å². The number of aliphatic hydroxyl groups excluding tert-OH is 1. The zero-order valence-electron chi connectivity index (χ0n) is 20.4. The maximum absolute atomic E-state index is 15.0. The summed E-state index contributed by atoms with van der Waals surface area (Å²) in [6.45, 7) is 13.4. The van der Waals surface area contributed by atoms with E-state index in [9.17, 15) is 18.3 Å². The summed E-state index contributed by atoms with van der Waals surface area (Å²) in [7, 11) is 1.44. The van der Waals surface area contributed by atoms with Crippen LogP contribution in [0.5, 0.6) is 0 Å². The first-order valence-electron chi connectivity index (χ1n) is 12.2. The molecule has 0 radical (unpaired) electrons. The van der Waals surface area contributed by atoms with Gasteiger partial charge in [0.15, 0.2) is 11.6 Å². The van der Waals surface area contributed by atoms with E-state index in [4.69, 9.17) is 4.74 Å². The van der Waals surface area contributed by atoms with Crippen molar-refractivity contribution in [3.05, 3.63) is 84.4 Å². The number of benzene rings is 1. The first kappa shape index (κ1) is 28.0. The minimum absolute atomic E-state index is 0.0127. The third kappa shape index (κ3) is 7.36. The van der Waals surface area contributed by atoms with Crippen LogP contribution in [0.3, 0.4) is 0 Å². The van der Waals surface area contributed by atoms with Gasteiger partial charge in [0.2, 0.25) is 0 Å². The lowest BCUT2D eigenvalue weighted by atomic mass is 9.76. The maximum Gasteiger partial charge on any atom is 0.162 e. The molecular formula is C29H39F3O2. The summed E-state index contributed by atoms with van der Waals surface area (Å²) in [6, 6.07) is 3.53. The molecular weight excluding hydrogens is 437 g/mol. The van der Waals surface area contributed by atoms with Gasteiger partial charge in [0, 0.05) is 6.08 Å². The van der Waals surface area contributed by atoms with Gasteiger partial charge in [-0.25, -0.2) is 13.2 Å². The molecule has 0 amide bonds. The van der Waals surface area contributed by atoms with Crippen molar-refractivity contribution < 1.29 is 23.0 Å². The van der Waals surface area contributed by atoms with Gasteiger partial charge in [-0.1, -0.05) is 25.3 Å². The topological polar surface area (TPSA) is 29.5 Å². The lowest BCUT2D eigenvalue weighted by molar-refractivity contribution is 0.122. The van der Waals surface area contributed by atoms with E-state index in [-0.39, 0.29) is 23.7 Å². The molecule has 2 saturated carbocycles. The van der Waals surface area contributed by atoms with Crippen LogP contribution in [0.25, 0.3) is 0 Å². The predicted octanol–water partition coefficient (Wildman–Crippen LogP) is 8.41. The maximum atomic E-state index is 15.0. The fourth-order valence-electron chi connectivity index (χ4n) is 5.16. The van der Waals surface area contributed by atoms with E-state index >= 15 is 0 Å². The highest BCUT2D eigenvalue weighted by atomic mass is 19.2. The lowest BCUT2D eigenvalue weighted by Crippen LogP contribution is -2.19. The number of hydrogen-bond acceptors (Lipinski definition) is 2. The third-order valence-corrected chi connectivity index (χ3v) is 7.31. The van der Waals surface area contributed by atoms with Gasteiger partial charge in [-0.2, -0.15) is 0 Å². The summed E-state index contributed by atoms with van der Waals surface area (Å²) in [5, 5.41) is 9.67. The van der Waals surface area contributed by atoms with E-state index in [1.165, 1.54) is 13.2 Å². The Morgan fingerprint density at radius 2 is 1.41 bits per heavy atom. The highest BCUT2D eigenvalue weighted by Gasteiger charge is 2.29. The standard InChI is InChI=1S/C27H35F3O2.C2H4/c1-17(25(28)16-18(2)32-3)4-5-19-6-8-20(9-7-19)23-14-15-24(27(30)26(23)29)21-10-12-22(31)13-11-21;1-2/h14-16,19-22,31H,1-2,4-13H2,3H3;1-2H2/b25-16+;. The van der Waals surface area contributed by atoms with Crippen molar-refractivity contribution in [2.75, 3.05) is 7.11 Å². The highest BCUT2D eigenvalue weighted by Crippen LogP contribution is 2.41. The summed E-state index contributed by atoms with van der Waals surface area (Å²) in [5.74, 6) is -1.11. The van der Waals surface area contributed by atoms with E-state index in [0.29, 0.717) is 54.7 Å². The summed E-state index contributed by atoms with van der Waals surface area (Å²) in [5.41, 5.74) is 1.37. The van der Waals surface area contributed by atoms with Crippen LogP contribution in [0.4, 0.5) is 13.2 Å². The summed E-state index contributed by atoms with van der Waals surface area (Å²) < 4.78 is 48.8. The van der Waals surface area contributed by atoms with Crippen LogP contribution >= 0.6 is 0 Å². The van der Waals surface area contributed by atoms with Gasteiger partial charge < -0.3 is 9.84 Å². The fraction of sp³-hybridized carbons (Fsp3) is 0.517. The highest BCUT2D eigenvalue weighted by molar-refractivity contribution is 5.32. The third-order valence-electron chi connectivity index (χ3n) is 7.31.